The van der Waals surface area contributed by atoms with Crippen LogP contribution in [-0.2, 0) is 19.1 Å². The van der Waals surface area contributed by atoms with Crippen LogP contribution in [0.5, 0.6) is 0 Å². The Morgan fingerprint density at radius 2 is 1.52 bits per heavy atom. The molecule has 9 heteroatoms. The first-order chi connectivity index (χ1) is 14.1. The molecule has 0 saturated heterocycles. The van der Waals surface area contributed by atoms with Crippen molar-refractivity contribution in [1.82, 2.24) is 16.0 Å². The molecule has 0 aliphatic heterocycles. The third kappa shape index (κ3) is 14.3. The maximum atomic E-state index is 12.4. The molecule has 3 amide bonds. The molecule has 4 N–H and O–H groups in total. The summed E-state index contributed by atoms with van der Waals surface area (Å²) >= 11 is 0. The van der Waals surface area contributed by atoms with Crippen LogP contribution in [0.4, 0.5) is 4.79 Å². The van der Waals surface area contributed by atoms with E-state index < -0.39 is 35.7 Å². The standard InChI is InChI=1S/C22H41N3O6/c1-13(2)9-16(10-19(27)28)24-20(29)15(5)12-23-18(26)11-17(14(3)4)25-21(30)31-22(6,7)8/h13-17H,9-12H2,1-8H3,(H,23,26)(H,24,29)(H,25,30)(H,27,28). The predicted octanol–water partition coefficient (Wildman–Crippen LogP) is 2.68. The highest BCUT2D eigenvalue weighted by molar-refractivity contribution is 5.81. The van der Waals surface area contributed by atoms with Gasteiger partial charge in [0.05, 0.1) is 12.3 Å². The lowest BCUT2D eigenvalue weighted by Gasteiger charge is -2.25. The minimum absolute atomic E-state index is 0.00630. The minimum Gasteiger partial charge on any atom is -0.481 e. The molecule has 0 radical (unpaired) electrons. The second-order valence-electron chi connectivity index (χ2n) is 9.84. The molecule has 31 heavy (non-hydrogen) atoms. The number of amides is 3. The van der Waals surface area contributed by atoms with E-state index in [1.807, 2.05) is 27.7 Å². The molecule has 0 fully saturated rings. The highest BCUT2D eigenvalue weighted by Gasteiger charge is 2.25. The van der Waals surface area contributed by atoms with E-state index >= 15 is 0 Å². The van der Waals surface area contributed by atoms with Crippen molar-refractivity contribution in [1.29, 1.82) is 0 Å². The van der Waals surface area contributed by atoms with Crippen molar-refractivity contribution in [2.45, 2.75) is 92.3 Å². The molecular weight excluding hydrogens is 402 g/mol. The highest BCUT2D eigenvalue weighted by atomic mass is 16.6. The van der Waals surface area contributed by atoms with Gasteiger partial charge in [-0.25, -0.2) is 4.79 Å². The zero-order chi connectivity index (χ0) is 24.4. The van der Waals surface area contributed by atoms with Gasteiger partial charge >= 0.3 is 12.1 Å². The van der Waals surface area contributed by atoms with Gasteiger partial charge in [-0.2, -0.15) is 0 Å². The molecule has 0 aromatic carbocycles. The number of carboxylic acid groups (broad SMARTS) is 1. The van der Waals surface area contributed by atoms with Gasteiger partial charge in [-0.05, 0) is 39.0 Å². The van der Waals surface area contributed by atoms with Crippen molar-refractivity contribution in [3.63, 3.8) is 0 Å². The van der Waals surface area contributed by atoms with Gasteiger partial charge in [-0.1, -0.05) is 34.6 Å². The van der Waals surface area contributed by atoms with Crippen LogP contribution in [0.25, 0.3) is 0 Å². The molecule has 3 unspecified atom stereocenters. The monoisotopic (exact) mass is 443 g/mol. The van der Waals surface area contributed by atoms with Crippen molar-refractivity contribution in [3.8, 4) is 0 Å². The number of hydrogen-bond acceptors (Lipinski definition) is 5. The molecule has 0 aromatic rings. The summed E-state index contributed by atoms with van der Waals surface area (Å²) in [5.74, 6) is -1.84. The molecule has 3 atom stereocenters. The Morgan fingerprint density at radius 3 is 1.97 bits per heavy atom. The second-order valence-corrected chi connectivity index (χ2v) is 9.84. The topological polar surface area (TPSA) is 134 Å². The maximum absolute atomic E-state index is 12.4. The maximum Gasteiger partial charge on any atom is 0.407 e. The summed E-state index contributed by atoms with van der Waals surface area (Å²) in [4.78, 5) is 47.8. The average molecular weight is 444 g/mol. The zero-order valence-electron chi connectivity index (χ0n) is 20.2. The van der Waals surface area contributed by atoms with Crippen LogP contribution in [0.15, 0.2) is 0 Å². The van der Waals surface area contributed by atoms with Gasteiger partial charge in [0.25, 0.3) is 0 Å². The van der Waals surface area contributed by atoms with Gasteiger partial charge in [0, 0.05) is 25.0 Å². The molecule has 0 heterocycles. The third-order valence-electron chi connectivity index (χ3n) is 4.49. The number of rotatable bonds is 12. The fraction of sp³-hybridized carbons (Fsp3) is 0.818. The molecule has 0 aliphatic rings. The molecule has 0 aliphatic carbocycles. The summed E-state index contributed by atoms with van der Waals surface area (Å²) in [6.07, 6.45) is -0.111. The number of carboxylic acids is 1. The van der Waals surface area contributed by atoms with Crippen LogP contribution in [0.2, 0.25) is 0 Å². The van der Waals surface area contributed by atoms with Crippen LogP contribution in [0.3, 0.4) is 0 Å². The molecule has 9 nitrogen and oxygen atoms in total. The lowest BCUT2D eigenvalue weighted by molar-refractivity contribution is -0.138. The molecule has 0 aromatic heterocycles. The van der Waals surface area contributed by atoms with E-state index in [4.69, 9.17) is 9.84 Å². The van der Waals surface area contributed by atoms with Gasteiger partial charge < -0.3 is 25.8 Å². The van der Waals surface area contributed by atoms with Gasteiger partial charge in [0.1, 0.15) is 5.60 Å². The molecule has 0 rings (SSSR count). The third-order valence-corrected chi connectivity index (χ3v) is 4.49. The Hall–Kier alpha value is -2.32. The summed E-state index contributed by atoms with van der Waals surface area (Å²) in [6.45, 7) is 14.8. The number of hydrogen-bond donors (Lipinski definition) is 4. The Kier molecular flexibility index (Phi) is 12.2. The molecule has 0 spiro atoms. The fourth-order valence-corrected chi connectivity index (χ4v) is 2.86. The van der Waals surface area contributed by atoms with Crippen LogP contribution < -0.4 is 16.0 Å². The lowest BCUT2D eigenvalue weighted by atomic mass is 9.99. The Morgan fingerprint density at radius 1 is 0.935 bits per heavy atom. The van der Waals surface area contributed by atoms with Crippen molar-refractivity contribution in [2.75, 3.05) is 6.54 Å². The van der Waals surface area contributed by atoms with Crippen molar-refractivity contribution < 1.29 is 29.0 Å². The average Bonchev–Trinajstić information content (AvgIpc) is 2.55. The quantitative estimate of drug-likeness (QED) is 0.366. The van der Waals surface area contributed by atoms with Crippen molar-refractivity contribution in [2.24, 2.45) is 17.8 Å². The fourth-order valence-electron chi connectivity index (χ4n) is 2.86. The van der Waals surface area contributed by atoms with E-state index in [2.05, 4.69) is 16.0 Å². The van der Waals surface area contributed by atoms with Crippen LogP contribution in [-0.4, -0.2) is 53.2 Å². The molecule has 0 bridgehead atoms. The van der Waals surface area contributed by atoms with Gasteiger partial charge in [-0.15, -0.1) is 0 Å². The number of carbonyl (C=O) groups excluding carboxylic acids is 3. The predicted molar refractivity (Wildman–Crippen MR) is 118 cm³/mol. The van der Waals surface area contributed by atoms with Gasteiger partial charge in [-0.3, -0.25) is 14.4 Å². The molecule has 0 saturated carbocycles. The van der Waals surface area contributed by atoms with E-state index in [1.165, 1.54) is 0 Å². The van der Waals surface area contributed by atoms with Crippen molar-refractivity contribution >= 4 is 23.9 Å². The smallest absolute Gasteiger partial charge is 0.407 e. The van der Waals surface area contributed by atoms with Crippen LogP contribution in [0.1, 0.15) is 74.7 Å². The lowest BCUT2D eigenvalue weighted by Crippen LogP contribution is -2.46. The van der Waals surface area contributed by atoms with Crippen LogP contribution >= 0.6 is 0 Å². The summed E-state index contributed by atoms with van der Waals surface area (Å²) in [5, 5.41) is 17.2. The number of aliphatic carboxylic acids is 1. The minimum atomic E-state index is -0.968. The van der Waals surface area contributed by atoms with E-state index in [1.54, 1.807) is 27.7 Å². The SMILES string of the molecule is CC(C)CC(CC(=O)O)NC(=O)C(C)CNC(=O)CC(NC(=O)OC(C)(C)C)C(C)C. The number of ether oxygens (including phenoxy) is 1. The van der Waals surface area contributed by atoms with E-state index in [9.17, 15) is 19.2 Å². The van der Waals surface area contributed by atoms with E-state index in [-0.39, 0.29) is 43.0 Å². The Balaban J connectivity index is 4.67. The Bertz CT molecular complexity index is 613. The van der Waals surface area contributed by atoms with Crippen molar-refractivity contribution in [3.05, 3.63) is 0 Å². The number of nitrogens with one attached hydrogen (secondary N) is 3. The molecule has 180 valence electrons. The summed E-state index contributed by atoms with van der Waals surface area (Å²) in [6, 6.07) is -0.864. The first kappa shape index (κ1) is 28.7. The zero-order valence-corrected chi connectivity index (χ0v) is 20.2. The van der Waals surface area contributed by atoms with Crippen LogP contribution in [0, 0.1) is 17.8 Å². The number of carbonyl (C=O) groups is 4. The van der Waals surface area contributed by atoms with E-state index in [0.29, 0.717) is 6.42 Å². The number of alkyl carbamates (subject to hydrolysis) is 1. The van der Waals surface area contributed by atoms with Gasteiger partial charge in [0.15, 0.2) is 0 Å². The summed E-state index contributed by atoms with van der Waals surface area (Å²) in [5.41, 5.74) is -0.634. The normalized spacial score (nSPS) is 14.5. The summed E-state index contributed by atoms with van der Waals surface area (Å²) in [7, 11) is 0. The van der Waals surface area contributed by atoms with E-state index in [0.717, 1.165) is 0 Å². The summed E-state index contributed by atoms with van der Waals surface area (Å²) < 4.78 is 5.24. The molecular formula is C22H41N3O6. The Labute approximate surface area is 186 Å². The van der Waals surface area contributed by atoms with Gasteiger partial charge in [0.2, 0.25) is 11.8 Å². The first-order valence-corrected chi connectivity index (χ1v) is 10.9. The first-order valence-electron chi connectivity index (χ1n) is 10.9. The second kappa shape index (κ2) is 13.2. The highest BCUT2D eigenvalue weighted by Crippen LogP contribution is 2.11. The largest absolute Gasteiger partial charge is 0.481 e.